The van der Waals surface area contributed by atoms with Gasteiger partial charge in [-0.05, 0) is 24.3 Å². The lowest BCUT2D eigenvalue weighted by Gasteiger charge is -2.02. The number of halogens is 1. The summed E-state index contributed by atoms with van der Waals surface area (Å²) in [6.45, 7) is 0.326. The first-order valence-corrected chi connectivity index (χ1v) is 6.99. The highest BCUT2D eigenvalue weighted by Crippen LogP contribution is 2.20. The Labute approximate surface area is 131 Å². The Morgan fingerprint density at radius 3 is 2.83 bits per heavy atom. The third kappa shape index (κ3) is 3.57. The number of nitrogens with zero attached hydrogens (tertiary/aromatic N) is 3. The normalized spacial score (nSPS) is 10.5. The molecule has 0 atom stereocenters. The van der Waals surface area contributed by atoms with Crippen molar-refractivity contribution in [2.75, 3.05) is 6.54 Å². The van der Waals surface area contributed by atoms with E-state index in [9.17, 15) is 9.18 Å². The molecule has 1 aromatic carbocycles. The number of pyridine rings is 1. The fourth-order valence-electron chi connectivity index (χ4n) is 1.98. The minimum Gasteiger partial charge on any atom is -0.421 e. The van der Waals surface area contributed by atoms with Crippen LogP contribution in [0.3, 0.4) is 0 Å². The van der Waals surface area contributed by atoms with Crippen molar-refractivity contribution in [3.8, 4) is 11.5 Å². The van der Waals surface area contributed by atoms with E-state index in [2.05, 4.69) is 20.5 Å². The third-order valence-corrected chi connectivity index (χ3v) is 3.12. The summed E-state index contributed by atoms with van der Waals surface area (Å²) in [6, 6.07) is 9.53. The van der Waals surface area contributed by atoms with Gasteiger partial charge in [-0.1, -0.05) is 12.1 Å². The molecule has 3 aromatic rings. The quantitative estimate of drug-likeness (QED) is 0.781. The fraction of sp³-hybridized carbons (Fsp3) is 0.125. The number of carbonyl (C=O) groups excluding carboxylic acids is 1. The van der Waals surface area contributed by atoms with Crippen LogP contribution < -0.4 is 5.32 Å². The summed E-state index contributed by atoms with van der Waals surface area (Å²) in [7, 11) is 0. The first-order chi connectivity index (χ1) is 11.2. The van der Waals surface area contributed by atoms with Crippen molar-refractivity contribution in [3.63, 3.8) is 0 Å². The number of carbonyl (C=O) groups is 1. The number of hydrogen-bond acceptors (Lipinski definition) is 5. The highest BCUT2D eigenvalue weighted by molar-refractivity contribution is 5.93. The van der Waals surface area contributed by atoms with Gasteiger partial charge in [0, 0.05) is 25.4 Å². The molecule has 0 saturated heterocycles. The van der Waals surface area contributed by atoms with Crippen molar-refractivity contribution < 1.29 is 13.6 Å². The zero-order valence-electron chi connectivity index (χ0n) is 12.1. The fourth-order valence-corrected chi connectivity index (χ4v) is 1.98. The van der Waals surface area contributed by atoms with Crippen molar-refractivity contribution in [3.05, 3.63) is 66.1 Å². The van der Waals surface area contributed by atoms with Crippen molar-refractivity contribution >= 4 is 5.91 Å². The molecular formula is C16H13FN4O2. The second-order valence-corrected chi connectivity index (χ2v) is 4.73. The van der Waals surface area contributed by atoms with Crippen LogP contribution in [0.4, 0.5) is 4.39 Å². The van der Waals surface area contributed by atoms with E-state index in [0.717, 1.165) is 0 Å². The lowest BCUT2D eigenvalue weighted by Crippen LogP contribution is -2.25. The lowest BCUT2D eigenvalue weighted by atomic mass is 10.2. The van der Waals surface area contributed by atoms with E-state index in [1.54, 1.807) is 36.5 Å². The molecule has 0 aliphatic heterocycles. The van der Waals surface area contributed by atoms with Crippen LogP contribution in [0.2, 0.25) is 0 Å². The van der Waals surface area contributed by atoms with E-state index >= 15 is 0 Å². The second kappa shape index (κ2) is 6.78. The van der Waals surface area contributed by atoms with Crippen molar-refractivity contribution in [1.82, 2.24) is 20.5 Å². The molecule has 2 aromatic heterocycles. The topological polar surface area (TPSA) is 80.9 Å². The maximum absolute atomic E-state index is 13.6. The highest BCUT2D eigenvalue weighted by Gasteiger charge is 2.12. The van der Waals surface area contributed by atoms with Crippen LogP contribution in [0.25, 0.3) is 11.5 Å². The summed E-state index contributed by atoms with van der Waals surface area (Å²) in [6.07, 6.45) is 3.44. The standard InChI is InChI=1S/C16H13FN4O2/c17-13-6-2-1-5-12(13)16-21-20-14(23-16)7-9-19-15(22)11-4-3-8-18-10-11/h1-6,8,10H,7,9H2,(H,19,22). The van der Waals surface area contributed by atoms with E-state index in [-0.39, 0.29) is 17.4 Å². The lowest BCUT2D eigenvalue weighted by molar-refractivity contribution is 0.0953. The van der Waals surface area contributed by atoms with Crippen LogP contribution >= 0.6 is 0 Å². The van der Waals surface area contributed by atoms with Crippen molar-refractivity contribution in [2.45, 2.75) is 6.42 Å². The molecule has 0 unspecified atom stereocenters. The van der Waals surface area contributed by atoms with Gasteiger partial charge < -0.3 is 9.73 Å². The Morgan fingerprint density at radius 2 is 2.04 bits per heavy atom. The maximum Gasteiger partial charge on any atom is 0.252 e. The average Bonchev–Trinajstić information content (AvgIpc) is 3.04. The summed E-state index contributed by atoms with van der Waals surface area (Å²) in [5.41, 5.74) is 0.732. The predicted octanol–water partition coefficient (Wildman–Crippen LogP) is 2.24. The van der Waals surface area contributed by atoms with Gasteiger partial charge in [0.2, 0.25) is 5.89 Å². The first-order valence-electron chi connectivity index (χ1n) is 6.99. The predicted molar refractivity (Wildman–Crippen MR) is 80.0 cm³/mol. The molecule has 0 radical (unpaired) electrons. The number of hydrogen-bond donors (Lipinski definition) is 1. The number of rotatable bonds is 5. The van der Waals surface area contributed by atoms with E-state index in [1.165, 1.54) is 12.3 Å². The molecule has 0 aliphatic carbocycles. The highest BCUT2D eigenvalue weighted by atomic mass is 19.1. The molecule has 0 fully saturated rings. The summed E-state index contributed by atoms with van der Waals surface area (Å²) in [4.78, 5) is 15.7. The summed E-state index contributed by atoms with van der Waals surface area (Å²) < 4.78 is 19.1. The molecule has 1 amide bonds. The molecule has 0 spiro atoms. The number of nitrogens with one attached hydrogen (secondary N) is 1. The van der Waals surface area contributed by atoms with Crippen molar-refractivity contribution in [1.29, 1.82) is 0 Å². The van der Waals surface area contributed by atoms with E-state index < -0.39 is 5.82 Å². The van der Waals surface area contributed by atoms with Crippen LogP contribution in [-0.2, 0) is 6.42 Å². The Kier molecular flexibility index (Phi) is 4.37. The Morgan fingerprint density at radius 1 is 1.17 bits per heavy atom. The van der Waals surface area contributed by atoms with Gasteiger partial charge in [0.25, 0.3) is 11.8 Å². The summed E-state index contributed by atoms with van der Waals surface area (Å²) >= 11 is 0. The average molecular weight is 312 g/mol. The summed E-state index contributed by atoms with van der Waals surface area (Å²) in [5, 5.41) is 10.4. The minimum atomic E-state index is -0.424. The Hall–Kier alpha value is -3.09. The monoisotopic (exact) mass is 312 g/mol. The zero-order chi connectivity index (χ0) is 16.1. The SMILES string of the molecule is O=C(NCCc1nnc(-c2ccccc2F)o1)c1cccnc1. The second-order valence-electron chi connectivity index (χ2n) is 4.73. The minimum absolute atomic E-state index is 0.122. The molecule has 0 bridgehead atoms. The molecule has 0 aliphatic rings. The van der Waals surface area contributed by atoms with Crippen LogP contribution in [0.5, 0.6) is 0 Å². The molecular weight excluding hydrogens is 299 g/mol. The molecule has 116 valence electrons. The van der Waals surface area contributed by atoms with Gasteiger partial charge in [0.15, 0.2) is 0 Å². The molecule has 7 heteroatoms. The molecule has 0 saturated carbocycles. The van der Waals surface area contributed by atoms with E-state index in [0.29, 0.717) is 24.4 Å². The van der Waals surface area contributed by atoms with Crippen molar-refractivity contribution in [2.24, 2.45) is 0 Å². The van der Waals surface area contributed by atoms with Crippen LogP contribution in [0.1, 0.15) is 16.2 Å². The van der Waals surface area contributed by atoms with E-state index in [4.69, 9.17) is 4.42 Å². The van der Waals surface area contributed by atoms with Gasteiger partial charge >= 0.3 is 0 Å². The third-order valence-electron chi connectivity index (χ3n) is 3.12. The number of amides is 1. The maximum atomic E-state index is 13.6. The largest absolute Gasteiger partial charge is 0.421 e. The van der Waals surface area contributed by atoms with Crippen LogP contribution in [0.15, 0.2) is 53.2 Å². The molecule has 6 nitrogen and oxygen atoms in total. The van der Waals surface area contributed by atoms with E-state index in [1.807, 2.05) is 0 Å². The zero-order valence-corrected chi connectivity index (χ0v) is 12.1. The Bertz CT molecular complexity index is 805. The van der Waals surface area contributed by atoms with Gasteiger partial charge in [0.1, 0.15) is 5.82 Å². The van der Waals surface area contributed by atoms with Gasteiger partial charge in [-0.3, -0.25) is 9.78 Å². The molecule has 2 heterocycles. The first kappa shape index (κ1) is 14.8. The van der Waals surface area contributed by atoms with Gasteiger partial charge in [-0.15, -0.1) is 10.2 Å². The van der Waals surface area contributed by atoms with Crippen LogP contribution in [0, 0.1) is 5.82 Å². The van der Waals surface area contributed by atoms with Gasteiger partial charge in [-0.25, -0.2) is 4.39 Å². The number of benzene rings is 1. The summed E-state index contributed by atoms with van der Waals surface area (Å²) in [5.74, 6) is -0.203. The Balaban J connectivity index is 1.58. The van der Waals surface area contributed by atoms with Gasteiger partial charge in [0.05, 0.1) is 11.1 Å². The molecule has 23 heavy (non-hydrogen) atoms. The van der Waals surface area contributed by atoms with Crippen LogP contribution in [-0.4, -0.2) is 27.6 Å². The van der Waals surface area contributed by atoms with Gasteiger partial charge in [-0.2, -0.15) is 0 Å². The molecule has 3 rings (SSSR count). The smallest absolute Gasteiger partial charge is 0.252 e. The molecule has 1 N–H and O–H groups in total. The number of aromatic nitrogens is 3.